The number of benzene rings is 4. The fraction of sp³-hybridized carbons (Fsp3) is 0.258. The monoisotopic (exact) mass is 547 g/mol. The minimum absolute atomic E-state index is 0.598. The maximum atomic E-state index is 6.65. The number of ether oxygens (including phenoxy) is 2. The zero-order valence-corrected chi connectivity index (χ0v) is 23.2. The molecule has 5 aromatic rings. The van der Waals surface area contributed by atoms with Crippen molar-refractivity contribution in [3.8, 4) is 5.75 Å². The molecule has 5 rings (SSSR count). The van der Waals surface area contributed by atoms with E-state index < -0.39 is 0 Å². The normalized spacial score (nSPS) is 11.6. The summed E-state index contributed by atoms with van der Waals surface area (Å²) in [5.41, 5.74) is 4.23. The van der Waals surface area contributed by atoms with Gasteiger partial charge in [0.15, 0.2) is 0 Å². The number of hydrogen-bond acceptors (Lipinski definition) is 4. The van der Waals surface area contributed by atoms with E-state index in [2.05, 4.69) is 58.0 Å². The molecule has 196 valence electrons. The first kappa shape index (κ1) is 26.5. The van der Waals surface area contributed by atoms with Crippen LogP contribution in [0, 0.1) is 0 Å². The van der Waals surface area contributed by atoms with Gasteiger partial charge in [-0.15, -0.1) is 0 Å². The summed E-state index contributed by atoms with van der Waals surface area (Å²) in [5, 5.41) is 3.64. The zero-order chi connectivity index (χ0) is 26.5. The van der Waals surface area contributed by atoms with E-state index in [-0.39, 0.29) is 0 Å². The fourth-order valence-corrected chi connectivity index (χ4v) is 5.40. The summed E-state index contributed by atoms with van der Waals surface area (Å²) in [7, 11) is 1.73. The van der Waals surface area contributed by atoms with Crippen molar-refractivity contribution in [3.05, 3.63) is 106 Å². The van der Waals surface area contributed by atoms with Crippen molar-refractivity contribution >= 4 is 45.0 Å². The molecular weight excluding hydrogens is 517 g/mol. The minimum Gasteiger partial charge on any atom is -0.494 e. The molecule has 0 amide bonds. The summed E-state index contributed by atoms with van der Waals surface area (Å²) in [6.45, 7) is 5.84. The molecule has 0 spiro atoms. The minimum atomic E-state index is 0.598. The van der Waals surface area contributed by atoms with Crippen molar-refractivity contribution in [1.29, 1.82) is 0 Å². The number of imidazole rings is 1. The van der Waals surface area contributed by atoms with E-state index in [4.69, 9.17) is 37.7 Å². The second kappa shape index (κ2) is 12.2. The lowest BCUT2D eigenvalue weighted by molar-refractivity contribution is 0.183. The quantitative estimate of drug-likeness (QED) is 0.169. The number of nitrogens with zero attached hydrogens (tertiary/aromatic N) is 3. The predicted molar refractivity (Wildman–Crippen MR) is 156 cm³/mol. The number of hydrogen-bond donors (Lipinski definition) is 0. The number of methoxy groups -OCH3 is 1. The smallest absolute Gasteiger partial charge is 0.124 e. The molecule has 0 bridgehead atoms. The number of fused-ring (bicyclic) bond motifs is 2. The molecule has 0 aliphatic heterocycles. The Morgan fingerprint density at radius 3 is 2.53 bits per heavy atom. The molecule has 5 nitrogen and oxygen atoms in total. The van der Waals surface area contributed by atoms with Crippen molar-refractivity contribution in [1.82, 2.24) is 14.5 Å². The molecule has 0 saturated heterocycles. The van der Waals surface area contributed by atoms with Gasteiger partial charge >= 0.3 is 0 Å². The SMILES string of the molecule is CCOc1ccc2ccccc2c1CN(Cc1ccc(Cl)cc1Cl)Cc1nc2ccccc2n1CCOC. The largest absolute Gasteiger partial charge is 0.494 e. The van der Waals surface area contributed by atoms with Gasteiger partial charge in [0.1, 0.15) is 11.6 Å². The molecule has 1 heterocycles. The van der Waals surface area contributed by atoms with E-state index in [0.717, 1.165) is 40.3 Å². The number of rotatable bonds is 11. The van der Waals surface area contributed by atoms with Crippen LogP contribution in [0.3, 0.4) is 0 Å². The predicted octanol–water partition coefficient (Wildman–Crippen LogP) is 7.74. The van der Waals surface area contributed by atoms with Crippen molar-refractivity contribution in [3.63, 3.8) is 0 Å². The van der Waals surface area contributed by atoms with Crippen molar-refractivity contribution in [2.24, 2.45) is 0 Å². The Hall–Kier alpha value is -3.09. The molecule has 38 heavy (non-hydrogen) atoms. The fourth-order valence-electron chi connectivity index (χ4n) is 4.93. The van der Waals surface area contributed by atoms with Gasteiger partial charge in [-0.25, -0.2) is 4.98 Å². The van der Waals surface area contributed by atoms with Gasteiger partial charge in [0.25, 0.3) is 0 Å². The highest BCUT2D eigenvalue weighted by atomic mass is 35.5. The van der Waals surface area contributed by atoms with Crippen molar-refractivity contribution in [2.75, 3.05) is 20.3 Å². The first-order valence-corrected chi connectivity index (χ1v) is 13.6. The molecule has 1 aromatic heterocycles. The Morgan fingerprint density at radius 2 is 1.71 bits per heavy atom. The molecule has 0 N–H and O–H groups in total. The first-order chi connectivity index (χ1) is 18.6. The van der Waals surface area contributed by atoms with Crippen LogP contribution in [0.1, 0.15) is 23.9 Å². The Morgan fingerprint density at radius 1 is 0.895 bits per heavy atom. The van der Waals surface area contributed by atoms with Crippen LogP contribution in [0.15, 0.2) is 78.9 Å². The van der Waals surface area contributed by atoms with Gasteiger partial charge in [0.2, 0.25) is 0 Å². The van der Waals surface area contributed by atoms with Crippen LogP contribution in [-0.2, 0) is 30.9 Å². The molecular formula is C31H31Cl2N3O2. The van der Waals surface area contributed by atoms with Crippen LogP contribution in [0.5, 0.6) is 5.75 Å². The van der Waals surface area contributed by atoms with Crippen LogP contribution in [0.25, 0.3) is 21.8 Å². The zero-order valence-electron chi connectivity index (χ0n) is 21.7. The van der Waals surface area contributed by atoms with Gasteiger partial charge in [-0.1, -0.05) is 71.7 Å². The average Bonchev–Trinajstić information content (AvgIpc) is 3.27. The van der Waals surface area contributed by atoms with Crippen molar-refractivity contribution < 1.29 is 9.47 Å². The van der Waals surface area contributed by atoms with E-state index >= 15 is 0 Å². The second-order valence-corrected chi connectivity index (χ2v) is 10.1. The van der Waals surface area contributed by atoms with Crippen LogP contribution in [0.4, 0.5) is 0 Å². The lowest BCUT2D eigenvalue weighted by Crippen LogP contribution is -2.25. The first-order valence-electron chi connectivity index (χ1n) is 12.8. The molecule has 0 aliphatic rings. The Bertz CT molecular complexity index is 1550. The Labute approximate surface area is 233 Å². The summed E-state index contributed by atoms with van der Waals surface area (Å²) in [4.78, 5) is 7.39. The van der Waals surface area contributed by atoms with Crippen LogP contribution < -0.4 is 4.74 Å². The standard InChI is InChI=1S/C31H31Cl2N3O2/c1-3-38-30-15-13-22-8-4-5-9-25(22)26(30)20-35(19-23-12-14-24(32)18-27(23)33)21-31-34-28-10-6-7-11-29(28)36(31)16-17-37-2/h4-15,18H,3,16-17,19-21H2,1-2H3. The molecule has 4 aromatic carbocycles. The molecule has 0 saturated carbocycles. The highest BCUT2D eigenvalue weighted by molar-refractivity contribution is 6.35. The highest BCUT2D eigenvalue weighted by Crippen LogP contribution is 2.32. The van der Waals surface area contributed by atoms with Crippen molar-refractivity contribution in [2.45, 2.75) is 33.1 Å². The second-order valence-electron chi connectivity index (χ2n) is 9.24. The van der Waals surface area contributed by atoms with Crippen LogP contribution in [-0.4, -0.2) is 34.8 Å². The summed E-state index contributed by atoms with van der Waals surface area (Å²) in [6.07, 6.45) is 0. The molecule has 0 fully saturated rings. The molecule has 0 unspecified atom stereocenters. The summed E-state index contributed by atoms with van der Waals surface area (Å²) in [5.74, 6) is 1.87. The number of halogens is 2. The van der Waals surface area contributed by atoms with Crippen LogP contribution >= 0.6 is 23.2 Å². The lowest BCUT2D eigenvalue weighted by atomic mass is 10.0. The maximum Gasteiger partial charge on any atom is 0.124 e. The molecule has 0 atom stereocenters. The molecule has 0 radical (unpaired) electrons. The number of para-hydroxylation sites is 2. The van der Waals surface area contributed by atoms with Gasteiger partial charge in [-0.05, 0) is 53.6 Å². The van der Waals surface area contributed by atoms with Gasteiger partial charge in [0, 0.05) is 42.4 Å². The third-order valence-electron chi connectivity index (χ3n) is 6.71. The summed E-state index contributed by atoms with van der Waals surface area (Å²) in [6, 6.07) is 26.6. The third-order valence-corrected chi connectivity index (χ3v) is 7.29. The lowest BCUT2D eigenvalue weighted by Gasteiger charge is -2.25. The Kier molecular flexibility index (Phi) is 8.50. The topological polar surface area (TPSA) is 39.5 Å². The van der Waals surface area contributed by atoms with E-state index in [1.165, 1.54) is 10.8 Å². The summed E-state index contributed by atoms with van der Waals surface area (Å²) >= 11 is 12.9. The highest BCUT2D eigenvalue weighted by Gasteiger charge is 2.19. The third kappa shape index (κ3) is 5.82. The van der Waals surface area contributed by atoms with Crippen LogP contribution in [0.2, 0.25) is 10.0 Å². The van der Waals surface area contributed by atoms with Gasteiger partial charge < -0.3 is 14.0 Å². The van der Waals surface area contributed by atoms with Gasteiger partial charge in [-0.2, -0.15) is 0 Å². The molecule has 0 aliphatic carbocycles. The number of aromatic nitrogens is 2. The average molecular weight is 549 g/mol. The van der Waals surface area contributed by atoms with Gasteiger partial charge in [0.05, 0.1) is 30.8 Å². The maximum absolute atomic E-state index is 6.65. The van der Waals surface area contributed by atoms with E-state index in [1.54, 1.807) is 13.2 Å². The van der Waals surface area contributed by atoms with E-state index in [0.29, 0.717) is 42.9 Å². The van der Waals surface area contributed by atoms with Gasteiger partial charge in [-0.3, -0.25) is 4.90 Å². The molecule has 7 heteroatoms. The van der Waals surface area contributed by atoms with E-state index in [9.17, 15) is 0 Å². The van der Waals surface area contributed by atoms with E-state index in [1.807, 2.05) is 31.2 Å². The Balaban J connectivity index is 1.58. The summed E-state index contributed by atoms with van der Waals surface area (Å²) < 4.78 is 13.8.